The molecule has 0 saturated heterocycles. The van der Waals surface area contributed by atoms with E-state index in [1.54, 1.807) is 11.8 Å². The lowest BCUT2D eigenvalue weighted by atomic mass is 10.0. The van der Waals surface area contributed by atoms with Gasteiger partial charge in [-0.05, 0) is 49.0 Å². The molecule has 1 N–H and O–H groups in total. The smallest absolute Gasteiger partial charge is 0.417 e. The lowest BCUT2D eigenvalue weighted by Crippen LogP contribution is -2.39. The van der Waals surface area contributed by atoms with Crippen LogP contribution in [0, 0.1) is 17.2 Å². The van der Waals surface area contributed by atoms with Crippen molar-refractivity contribution in [2.45, 2.75) is 39.0 Å². The molecule has 0 aliphatic carbocycles. The van der Waals surface area contributed by atoms with Crippen LogP contribution in [0.15, 0.2) is 18.2 Å². The van der Waals surface area contributed by atoms with E-state index in [1.165, 1.54) is 12.1 Å². The number of hydrogen-bond acceptors (Lipinski definition) is 4. The van der Waals surface area contributed by atoms with E-state index >= 15 is 0 Å². The highest BCUT2D eigenvalue weighted by atomic mass is 32.2. The number of amides is 1. The molecule has 0 fully saturated rings. The summed E-state index contributed by atoms with van der Waals surface area (Å²) in [5.74, 6) is 0.594. The molecule has 1 rings (SSSR count). The number of rotatable bonds is 9. The highest BCUT2D eigenvalue weighted by molar-refractivity contribution is 7.98. The third-order valence-corrected chi connectivity index (χ3v) is 4.19. The van der Waals surface area contributed by atoms with Crippen LogP contribution >= 0.6 is 11.8 Å². The molecule has 1 unspecified atom stereocenters. The molecule has 4 nitrogen and oxygen atoms in total. The van der Waals surface area contributed by atoms with Crippen molar-refractivity contribution in [2.75, 3.05) is 18.6 Å². The Labute approximate surface area is 156 Å². The molecule has 1 aromatic rings. The van der Waals surface area contributed by atoms with Gasteiger partial charge in [-0.15, -0.1) is 0 Å². The molecule has 26 heavy (non-hydrogen) atoms. The largest absolute Gasteiger partial charge is 0.481 e. The summed E-state index contributed by atoms with van der Waals surface area (Å²) in [6.45, 7) is 4.29. The zero-order chi connectivity index (χ0) is 19.7. The average Bonchev–Trinajstić information content (AvgIpc) is 2.56. The molecular formula is C18H23F3N2O2S. The predicted octanol–water partition coefficient (Wildman–Crippen LogP) is 4.24. The zero-order valence-corrected chi connectivity index (χ0v) is 15.8. The summed E-state index contributed by atoms with van der Waals surface area (Å²) < 4.78 is 44.8. The van der Waals surface area contributed by atoms with Gasteiger partial charge in [-0.3, -0.25) is 4.79 Å². The normalized spacial score (nSPS) is 12.5. The summed E-state index contributed by atoms with van der Waals surface area (Å²) in [5.41, 5.74) is -1.55. The molecule has 0 aliphatic heterocycles. The van der Waals surface area contributed by atoms with E-state index < -0.39 is 23.4 Å². The SMILES string of the molecule is CSCCCNC(=O)C(CC(C)C)Oc1ccc(C#N)c(C(F)(F)F)c1. The predicted molar refractivity (Wildman–Crippen MR) is 96.0 cm³/mol. The first kappa shape index (κ1) is 22.2. The molecule has 0 saturated carbocycles. The second-order valence-corrected chi connectivity index (χ2v) is 7.18. The van der Waals surface area contributed by atoms with Gasteiger partial charge in [0, 0.05) is 6.54 Å². The summed E-state index contributed by atoms with van der Waals surface area (Å²) in [4.78, 5) is 12.3. The first-order chi connectivity index (χ1) is 12.2. The van der Waals surface area contributed by atoms with Crippen LogP contribution in [0.1, 0.15) is 37.8 Å². The molecule has 0 aliphatic rings. The molecule has 0 heterocycles. The van der Waals surface area contributed by atoms with Crippen LogP contribution in [0.2, 0.25) is 0 Å². The molecule has 0 radical (unpaired) electrons. The third-order valence-electron chi connectivity index (χ3n) is 3.50. The second-order valence-electron chi connectivity index (χ2n) is 6.19. The van der Waals surface area contributed by atoms with Gasteiger partial charge in [0.1, 0.15) is 5.75 Å². The Kier molecular flexibility index (Phi) is 8.79. The molecule has 1 aromatic carbocycles. The number of alkyl halides is 3. The highest BCUT2D eigenvalue weighted by Gasteiger charge is 2.34. The van der Waals surface area contributed by atoms with Gasteiger partial charge in [0.05, 0.1) is 17.2 Å². The fourth-order valence-corrected chi connectivity index (χ4v) is 2.70. The van der Waals surface area contributed by atoms with Crippen LogP contribution in [0.25, 0.3) is 0 Å². The van der Waals surface area contributed by atoms with Crippen LogP contribution < -0.4 is 10.1 Å². The Balaban J connectivity index is 2.94. The van der Waals surface area contributed by atoms with Crippen molar-refractivity contribution in [1.82, 2.24) is 5.32 Å². The number of benzene rings is 1. The fourth-order valence-electron chi connectivity index (χ4n) is 2.27. The van der Waals surface area contributed by atoms with Crippen LogP contribution in [-0.4, -0.2) is 30.6 Å². The van der Waals surface area contributed by atoms with Crippen molar-refractivity contribution in [2.24, 2.45) is 5.92 Å². The summed E-state index contributed by atoms with van der Waals surface area (Å²) >= 11 is 1.67. The Morgan fingerprint density at radius 1 is 1.38 bits per heavy atom. The minimum absolute atomic E-state index is 0.0822. The van der Waals surface area contributed by atoms with E-state index in [1.807, 2.05) is 20.1 Å². The topological polar surface area (TPSA) is 62.1 Å². The monoisotopic (exact) mass is 388 g/mol. The molecule has 8 heteroatoms. The van der Waals surface area contributed by atoms with Crippen LogP contribution in [0.4, 0.5) is 13.2 Å². The Bertz CT molecular complexity index is 642. The van der Waals surface area contributed by atoms with Gasteiger partial charge in [-0.25, -0.2) is 0 Å². The number of nitrogens with one attached hydrogen (secondary N) is 1. The van der Waals surface area contributed by atoms with E-state index in [9.17, 15) is 18.0 Å². The Morgan fingerprint density at radius 2 is 2.08 bits per heavy atom. The van der Waals surface area contributed by atoms with Gasteiger partial charge in [-0.1, -0.05) is 13.8 Å². The lowest BCUT2D eigenvalue weighted by molar-refractivity contribution is -0.137. The van der Waals surface area contributed by atoms with Crippen molar-refractivity contribution in [1.29, 1.82) is 5.26 Å². The van der Waals surface area contributed by atoms with Crippen molar-refractivity contribution < 1.29 is 22.7 Å². The van der Waals surface area contributed by atoms with Crippen LogP contribution in [0.3, 0.4) is 0 Å². The maximum Gasteiger partial charge on any atom is 0.417 e. The number of nitrogens with zero attached hydrogens (tertiary/aromatic N) is 1. The fraction of sp³-hybridized carbons (Fsp3) is 0.556. The summed E-state index contributed by atoms with van der Waals surface area (Å²) in [6, 6.07) is 4.63. The maximum absolute atomic E-state index is 13.1. The van der Waals surface area contributed by atoms with E-state index in [4.69, 9.17) is 10.00 Å². The number of halogens is 3. The lowest BCUT2D eigenvalue weighted by Gasteiger charge is -2.21. The third kappa shape index (κ3) is 7.16. The van der Waals surface area contributed by atoms with E-state index in [0.717, 1.165) is 24.3 Å². The second kappa shape index (κ2) is 10.3. The molecule has 144 valence electrons. The summed E-state index contributed by atoms with van der Waals surface area (Å²) in [6.07, 6.45) is -2.42. The number of carbonyl (C=O) groups is 1. The van der Waals surface area contributed by atoms with Crippen molar-refractivity contribution in [3.05, 3.63) is 29.3 Å². The maximum atomic E-state index is 13.1. The Morgan fingerprint density at radius 3 is 2.62 bits per heavy atom. The number of thioether (sulfide) groups is 1. The molecular weight excluding hydrogens is 365 g/mol. The quantitative estimate of drug-likeness (QED) is 0.643. The van der Waals surface area contributed by atoms with Gasteiger partial charge >= 0.3 is 6.18 Å². The van der Waals surface area contributed by atoms with E-state index in [-0.39, 0.29) is 17.6 Å². The first-order valence-electron chi connectivity index (χ1n) is 8.23. The van der Waals surface area contributed by atoms with Crippen molar-refractivity contribution in [3.8, 4) is 11.8 Å². The standard InChI is InChI=1S/C18H23F3N2O2S/c1-12(2)9-16(17(24)23-7-4-8-26-3)25-14-6-5-13(11-22)15(10-14)18(19,20)21/h5-6,10,12,16H,4,7-9H2,1-3H3,(H,23,24). The molecule has 0 spiro atoms. The number of carbonyl (C=O) groups excluding carboxylic acids is 1. The number of nitriles is 1. The van der Waals surface area contributed by atoms with E-state index in [2.05, 4.69) is 5.32 Å². The molecule has 0 aromatic heterocycles. The van der Waals surface area contributed by atoms with Crippen molar-refractivity contribution >= 4 is 17.7 Å². The van der Waals surface area contributed by atoms with E-state index in [0.29, 0.717) is 13.0 Å². The summed E-state index contributed by atoms with van der Waals surface area (Å²) in [5, 5.41) is 11.6. The van der Waals surface area contributed by atoms with Gasteiger partial charge in [0.15, 0.2) is 6.10 Å². The number of hydrogen-bond donors (Lipinski definition) is 1. The van der Waals surface area contributed by atoms with Gasteiger partial charge in [-0.2, -0.15) is 30.2 Å². The minimum Gasteiger partial charge on any atom is -0.481 e. The average molecular weight is 388 g/mol. The molecule has 0 bridgehead atoms. The van der Waals surface area contributed by atoms with Gasteiger partial charge in [0.2, 0.25) is 0 Å². The Hall–Kier alpha value is -1.88. The number of ether oxygens (including phenoxy) is 1. The molecule has 1 atom stereocenters. The van der Waals surface area contributed by atoms with Gasteiger partial charge < -0.3 is 10.1 Å². The first-order valence-corrected chi connectivity index (χ1v) is 9.63. The van der Waals surface area contributed by atoms with Crippen LogP contribution in [0.5, 0.6) is 5.75 Å². The zero-order valence-electron chi connectivity index (χ0n) is 15.0. The highest BCUT2D eigenvalue weighted by Crippen LogP contribution is 2.34. The minimum atomic E-state index is -4.67. The van der Waals surface area contributed by atoms with Crippen LogP contribution in [-0.2, 0) is 11.0 Å². The summed E-state index contributed by atoms with van der Waals surface area (Å²) in [7, 11) is 0. The van der Waals surface area contributed by atoms with Crippen molar-refractivity contribution in [3.63, 3.8) is 0 Å². The molecule has 1 amide bonds. The van der Waals surface area contributed by atoms with Gasteiger partial charge in [0.25, 0.3) is 5.91 Å².